The van der Waals surface area contributed by atoms with Crippen molar-refractivity contribution in [3.05, 3.63) is 35.9 Å². The van der Waals surface area contributed by atoms with E-state index in [1.807, 2.05) is 30.3 Å². The zero-order valence-corrected chi connectivity index (χ0v) is 14.4. The van der Waals surface area contributed by atoms with E-state index in [0.717, 1.165) is 37.7 Å². The Morgan fingerprint density at radius 1 is 1.00 bits per heavy atom. The summed E-state index contributed by atoms with van der Waals surface area (Å²) in [4.78, 5) is 22.2. The molecule has 0 radical (unpaired) electrons. The lowest BCUT2D eigenvalue weighted by Crippen LogP contribution is -2.45. The molecule has 2 bridgehead atoms. The molecule has 0 saturated carbocycles. The van der Waals surface area contributed by atoms with Crippen molar-refractivity contribution in [1.29, 1.82) is 0 Å². The molecule has 5 nitrogen and oxygen atoms in total. The minimum Gasteiger partial charge on any atom is -0.311 e. The van der Waals surface area contributed by atoms with Gasteiger partial charge in [0.15, 0.2) is 6.29 Å². The topological polar surface area (TPSA) is 46.2 Å². The lowest BCUT2D eigenvalue weighted by atomic mass is 9.97. The first kappa shape index (κ1) is 17.8. The third-order valence-electron chi connectivity index (χ3n) is 4.58. The summed E-state index contributed by atoms with van der Waals surface area (Å²) in [5.74, 6) is -0.908. The number of hydrogen-bond acceptors (Lipinski definition) is 5. The molecular formula is C19H28O5. The van der Waals surface area contributed by atoms with E-state index < -0.39 is 18.4 Å². The Labute approximate surface area is 144 Å². The first-order chi connectivity index (χ1) is 11.8. The van der Waals surface area contributed by atoms with Crippen molar-refractivity contribution in [2.75, 3.05) is 0 Å². The Hall–Kier alpha value is -0.980. The fourth-order valence-electron chi connectivity index (χ4n) is 3.20. The van der Waals surface area contributed by atoms with Crippen molar-refractivity contribution < 1.29 is 24.3 Å². The lowest BCUT2D eigenvalue weighted by Gasteiger charge is -2.41. The molecule has 3 rings (SSSR count). The van der Waals surface area contributed by atoms with Gasteiger partial charge >= 0.3 is 0 Å². The van der Waals surface area contributed by atoms with Gasteiger partial charge in [-0.1, -0.05) is 62.9 Å². The van der Waals surface area contributed by atoms with Crippen LogP contribution in [0.5, 0.6) is 0 Å². The zero-order valence-electron chi connectivity index (χ0n) is 14.4. The molecule has 2 heterocycles. The Bertz CT molecular complexity index is 480. The minimum atomic E-state index is -0.908. The standard InChI is InChI=1S/C19H28O5/c1-2-3-4-5-9-13-18-22-21-17-14-10-15-19(20-17,24-23-18)16-11-7-6-8-12-16/h6-8,11-12,17-18H,2-5,9-10,13-15H2,1H3/t17-,18-,19-/m0/s1. The van der Waals surface area contributed by atoms with Gasteiger partial charge in [0.05, 0.1) is 0 Å². The summed E-state index contributed by atoms with van der Waals surface area (Å²) in [5.41, 5.74) is 0.946. The molecule has 3 atom stereocenters. The quantitative estimate of drug-likeness (QED) is 0.520. The van der Waals surface area contributed by atoms with Crippen LogP contribution in [-0.4, -0.2) is 12.6 Å². The maximum Gasteiger partial charge on any atom is 0.230 e. The summed E-state index contributed by atoms with van der Waals surface area (Å²) in [6.07, 6.45) is 8.21. The van der Waals surface area contributed by atoms with E-state index in [1.165, 1.54) is 25.7 Å². The molecule has 2 aliphatic heterocycles. The van der Waals surface area contributed by atoms with E-state index in [-0.39, 0.29) is 0 Å². The smallest absolute Gasteiger partial charge is 0.230 e. The second kappa shape index (κ2) is 8.92. The average Bonchev–Trinajstić information content (AvgIpc) is 2.63. The number of hydrogen-bond donors (Lipinski definition) is 0. The minimum absolute atomic E-state index is 0.426. The number of ether oxygens (including phenoxy) is 1. The highest BCUT2D eigenvalue weighted by molar-refractivity contribution is 5.20. The Balaban J connectivity index is 1.60. The Kier molecular flexibility index (Phi) is 6.63. The average molecular weight is 336 g/mol. The summed E-state index contributed by atoms with van der Waals surface area (Å²) < 4.78 is 6.01. The van der Waals surface area contributed by atoms with Crippen LogP contribution in [0.3, 0.4) is 0 Å². The molecule has 2 aliphatic rings. The molecule has 0 N–H and O–H groups in total. The van der Waals surface area contributed by atoms with Crippen molar-refractivity contribution in [1.82, 2.24) is 0 Å². The monoisotopic (exact) mass is 336 g/mol. The van der Waals surface area contributed by atoms with Crippen molar-refractivity contribution in [3.8, 4) is 0 Å². The van der Waals surface area contributed by atoms with Crippen LogP contribution in [0, 0.1) is 0 Å². The number of unbranched alkanes of at least 4 members (excludes halogenated alkanes) is 4. The molecule has 2 fully saturated rings. The maximum absolute atomic E-state index is 6.01. The van der Waals surface area contributed by atoms with Crippen LogP contribution in [0.4, 0.5) is 0 Å². The van der Waals surface area contributed by atoms with Crippen LogP contribution in [0.2, 0.25) is 0 Å². The van der Waals surface area contributed by atoms with Gasteiger partial charge in [-0.05, 0) is 12.8 Å². The third kappa shape index (κ3) is 4.55. The largest absolute Gasteiger partial charge is 0.311 e. The summed E-state index contributed by atoms with van der Waals surface area (Å²) >= 11 is 0. The predicted molar refractivity (Wildman–Crippen MR) is 88.3 cm³/mol. The van der Waals surface area contributed by atoms with E-state index >= 15 is 0 Å². The van der Waals surface area contributed by atoms with Crippen molar-refractivity contribution in [2.45, 2.75) is 83.1 Å². The lowest BCUT2D eigenvalue weighted by molar-refractivity contribution is -0.589. The van der Waals surface area contributed by atoms with Gasteiger partial charge in [-0.25, -0.2) is 4.89 Å². The molecule has 2 saturated heterocycles. The van der Waals surface area contributed by atoms with Gasteiger partial charge in [0.1, 0.15) is 0 Å². The molecular weight excluding hydrogens is 308 g/mol. The molecule has 0 amide bonds. The van der Waals surface area contributed by atoms with Crippen LogP contribution < -0.4 is 0 Å². The second-order valence-corrected chi connectivity index (χ2v) is 6.56. The number of fused-ring (bicyclic) bond motifs is 2. The van der Waals surface area contributed by atoms with Crippen molar-refractivity contribution in [2.24, 2.45) is 0 Å². The molecule has 0 aliphatic carbocycles. The first-order valence-electron chi connectivity index (χ1n) is 9.22. The summed E-state index contributed by atoms with van der Waals surface area (Å²) in [7, 11) is 0. The van der Waals surface area contributed by atoms with Gasteiger partial charge in [0, 0.05) is 24.8 Å². The maximum atomic E-state index is 6.01. The van der Waals surface area contributed by atoms with Gasteiger partial charge in [0.2, 0.25) is 12.1 Å². The van der Waals surface area contributed by atoms with Crippen molar-refractivity contribution in [3.63, 3.8) is 0 Å². The molecule has 1 aromatic carbocycles. The highest BCUT2D eigenvalue weighted by Gasteiger charge is 2.44. The molecule has 134 valence electrons. The van der Waals surface area contributed by atoms with Crippen molar-refractivity contribution >= 4 is 0 Å². The van der Waals surface area contributed by atoms with Crippen LogP contribution in [0.1, 0.15) is 70.3 Å². The van der Waals surface area contributed by atoms with Crippen LogP contribution in [0.15, 0.2) is 30.3 Å². The van der Waals surface area contributed by atoms with E-state index in [1.54, 1.807) is 0 Å². The molecule has 5 heteroatoms. The van der Waals surface area contributed by atoms with Crippen LogP contribution >= 0.6 is 0 Å². The van der Waals surface area contributed by atoms with Gasteiger partial charge in [-0.15, -0.1) is 0 Å². The molecule has 0 aromatic heterocycles. The Morgan fingerprint density at radius 2 is 1.83 bits per heavy atom. The van der Waals surface area contributed by atoms with E-state index in [4.69, 9.17) is 24.3 Å². The first-order valence-corrected chi connectivity index (χ1v) is 9.22. The highest BCUT2D eigenvalue weighted by atomic mass is 17.3. The highest BCUT2D eigenvalue weighted by Crippen LogP contribution is 2.41. The molecule has 0 unspecified atom stereocenters. The fourth-order valence-corrected chi connectivity index (χ4v) is 3.20. The van der Waals surface area contributed by atoms with E-state index in [0.29, 0.717) is 0 Å². The predicted octanol–water partition coefficient (Wildman–Crippen LogP) is 4.96. The van der Waals surface area contributed by atoms with Crippen LogP contribution in [0.25, 0.3) is 0 Å². The van der Waals surface area contributed by atoms with E-state index in [9.17, 15) is 0 Å². The van der Waals surface area contributed by atoms with E-state index in [2.05, 4.69) is 6.92 Å². The van der Waals surface area contributed by atoms with Gasteiger partial charge in [-0.2, -0.15) is 14.7 Å². The van der Waals surface area contributed by atoms with Gasteiger partial charge < -0.3 is 4.74 Å². The zero-order chi connectivity index (χ0) is 16.7. The Morgan fingerprint density at radius 3 is 2.67 bits per heavy atom. The van der Waals surface area contributed by atoms with Crippen LogP contribution in [-0.2, 0) is 30.1 Å². The normalized spacial score (nSPS) is 30.5. The number of rotatable bonds is 7. The number of benzene rings is 1. The summed E-state index contributed by atoms with van der Waals surface area (Å²) in [6.45, 7) is 2.21. The summed E-state index contributed by atoms with van der Waals surface area (Å²) in [5, 5.41) is 0. The SMILES string of the molecule is CCCCCCC[C@H]1OO[C@H]2CCC[C@@](c3ccccc3)(OO1)O2. The van der Waals surface area contributed by atoms with Gasteiger partial charge in [0.25, 0.3) is 0 Å². The molecule has 1 aromatic rings. The fraction of sp³-hybridized carbons (Fsp3) is 0.684. The summed E-state index contributed by atoms with van der Waals surface area (Å²) in [6, 6.07) is 9.91. The third-order valence-corrected chi connectivity index (χ3v) is 4.58. The molecule has 0 spiro atoms. The molecule has 24 heavy (non-hydrogen) atoms. The van der Waals surface area contributed by atoms with Gasteiger partial charge in [-0.3, -0.25) is 0 Å². The second-order valence-electron chi connectivity index (χ2n) is 6.56.